The molecule has 0 bridgehead atoms. The van der Waals surface area contributed by atoms with Crippen molar-refractivity contribution in [2.24, 2.45) is 0 Å². The first-order valence-electron chi connectivity index (χ1n) is 5.82. The maximum atomic E-state index is 11.7. The molecular formula is C10H14O8S2. The first-order chi connectivity index (χ1) is 9.30. The minimum atomic E-state index is -3.76. The third-order valence-electron chi connectivity index (χ3n) is 2.69. The molecule has 0 N–H and O–H groups in total. The number of hydrogen-bond acceptors (Lipinski definition) is 8. The molecule has 1 saturated heterocycles. The minimum absolute atomic E-state index is 0.0202. The summed E-state index contributed by atoms with van der Waals surface area (Å²) < 4.78 is 53.4. The number of hydrogen-bond donors (Lipinski definition) is 0. The van der Waals surface area contributed by atoms with Crippen molar-refractivity contribution in [2.45, 2.75) is 31.7 Å². The van der Waals surface area contributed by atoms with Gasteiger partial charge < -0.3 is 4.74 Å². The second-order valence-electron chi connectivity index (χ2n) is 4.28. The third kappa shape index (κ3) is 3.64. The molecule has 1 heterocycles. The predicted molar refractivity (Wildman–Crippen MR) is 66.9 cm³/mol. The Kier molecular flexibility index (Phi) is 4.59. The van der Waals surface area contributed by atoms with E-state index in [1.54, 1.807) is 6.92 Å². The van der Waals surface area contributed by atoms with E-state index >= 15 is 0 Å². The normalized spacial score (nSPS) is 33.4. The molecule has 0 spiro atoms. The van der Waals surface area contributed by atoms with Crippen LogP contribution >= 0.6 is 0 Å². The molecule has 1 aliphatic heterocycles. The lowest BCUT2D eigenvalue weighted by Gasteiger charge is -2.27. The van der Waals surface area contributed by atoms with Crippen LogP contribution in [0.1, 0.15) is 13.3 Å². The highest BCUT2D eigenvalue weighted by Gasteiger charge is 2.46. The maximum Gasteiger partial charge on any atom is 0.333 e. The summed E-state index contributed by atoms with van der Waals surface area (Å²) >= 11 is -2.00. The number of fused-ring (bicyclic) bond motifs is 1. The Labute approximate surface area is 119 Å². The largest absolute Gasteiger partial charge is 0.463 e. The van der Waals surface area contributed by atoms with Gasteiger partial charge in [0, 0.05) is 12.0 Å². The SMILES string of the molecule is CCOC(=O)C1=C[C@H]2OS(=O)O[C@H]2[C@H](OS(C)(=O)=O)C1. The quantitative estimate of drug-likeness (QED) is 0.507. The molecule has 10 heteroatoms. The molecule has 1 unspecified atom stereocenters. The molecule has 2 aliphatic rings. The maximum absolute atomic E-state index is 11.7. The first-order valence-corrected chi connectivity index (χ1v) is 8.64. The zero-order valence-corrected chi connectivity index (χ0v) is 12.4. The van der Waals surface area contributed by atoms with Crippen molar-refractivity contribution in [1.29, 1.82) is 0 Å². The van der Waals surface area contributed by atoms with E-state index in [9.17, 15) is 17.4 Å². The Morgan fingerprint density at radius 2 is 2.20 bits per heavy atom. The van der Waals surface area contributed by atoms with Crippen LogP contribution in [0.15, 0.2) is 11.6 Å². The van der Waals surface area contributed by atoms with E-state index in [1.165, 1.54) is 6.08 Å². The third-order valence-corrected chi connectivity index (χ3v) is 4.05. The molecule has 20 heavy (non-hydrogen) atoms. The fraction of sp³-hybridized carbons (Fsp3) is 0.700. The summed E-state index contributed by atoms with van der Waals surface area (Å²) in [4.78, 5) is 11.7. The van der Waals surface area contributed by atoms with Crippen molar-refractivity contribution in [3.63, 3.8) is 0 Å². The summed E-state index contributed by atoms with van der Waals surface area (Å²) in [6.07, 6.45) is -0.342. The summed E-state index contributed by atoms with van der Waals surface area (Å²) in [5, 5.41) is 0. The predicted octanol–water partition coefficient (Wildman–Crippen LogP) is -0.413. The van der Waals surface area contributed by atoms with Crippen LogP contribution in [-0.4, -0.2) is 49.8 Å². The lowest BCUT2D eigenvalue weighted by molar-refractivity contribution is -0.139. The Morgan fingerprint density at radius 3 is 2.80 bits per heavy atom. The molecule has 0 aromatic rings. The van der Waals surface area contributed by atoms with E-state index in [-0.39, 0.29) is 18.6 Å². The molecule has 8 nitrogen and oxygen atoms in total. The molecule has 2 rings (SSSR count). The molecule has 0 amide bonds. The van der Waals surface area contributed by atoms with Gasteiger partial charge in [0.05, 0.1) is 12.9 Å². The van der Waals surface area contributed by atoms with Crippen molar-refractivity contribution in [2.75, 3.05) is 12.9 Å². The Balaban J connectivity index is 2.23. The molecule has 114 valence electrons. The Hall–Kier alpha value is -0.810. The van der Waals surface area contributed by atoms with Gasteiger partial charge in [-0.3, -0.25) is 12.5 Å². The van der Waals surface area contributed by atoms with Crippen LogP contribution in [0.2, 0.25) is 0 Å². The van der Waals surface area contributed by atoms with Gasteiger partial charge in [0.15, 0.2) is 0 Å². The van der Waals surface area contributed by atoms with Crippen molar-refractivity contribution in [3.8, 4) is 0 Å². The number of esters is 1. The van der Waals surface area contributed by atoms with Gasteiger partial charge in [0.2, 0.25) is 0 Å². The topological polar surface area (TPSA) is 105 Å². The molecule has 1 aliphatic carbocycles. The van der Waals surface area contributed by atoms with Gasteiger partial charge in [-0.25, -0.2) is 4.79 Å². The highest BCUT2D eigenvalue weighted by atomic mass is 32.2. The van der Waals surface area contributed by atoms with Gasteiger partial charge in [-0.15, -0.1) is 0 Å². The van der Waals surface area contributed by atoms with Crippen LogP contribution in [0.25, 0.3) is 0 Å². The smallest absolute Gasteiger partial charge is 0.333 e. The van der Waals surface area contributed by atoms with Crippen LogP contribution < -0.4 is 0 Å². The summed E-state index contributed by atoms with van der Waals surface area (Å²) in [5.74, 6) is -0.589. The number of carbonyl (C=O) groups is 1. The van der Waals surface area contributed by atoms with Crippen molar-refractivity contribution in [3.05, 3.63) is 11.6 Å². The van der Waals surface area contributed by atoms with Crippen LogP contribution in [0, 0.1) is 0 Å². The van der Waals surface area contributed by atoms with E-state index in [0.717, 1.165) is 6.26 Å². The zero-order valence-electron chi connectivity index (χ0n) is 10.8. The highest BCUT2D eigenvalue weighted by Crippen LogP contribution is 2.33. The lowest BCUT2D eigenvalue weighted by Crippen LogP contribution is -2.42. The van der Waals surface area contributed by atoms with E-state index in [0.29, 0.717) is 0 Å². The summed E-state index contributed by atoms with van der Waals surface area (Å²) in [5.41, 5.74) is 0.212. The van der Waals surface area contributed by atoms with Crippen LogP contribution in [-0.2, 0) is 43.6 Å². The second kappa shape index (κ2) is 5.90. The lowest BCUT2D eigenvalue weighted by atomic mass is 9.92. The molecule has 1 fully saturated rings. The fourth-order valence-corrected chi connectivity index (χ4v) is 3.43. The number of carbonyl (C=O) groups excluding carboxylic acids is 1. The van der Waals surface area contributed by atoms with Crippen molar-refractivity contribution >= 4 is 27.4 Å². The standard InChI is InChI=1S/C10H14O8S2/c1-3-15-10(11)6-4-7-9(17-19(12)16-7)8(5-6)18-20(2,13)14/h4,7-9H,3,5H2,1-2H3/t7-,8-,9-,19?/m1/s1. The molecule has 0 aromatic carbocycles. The van der Waals surface area contributed by atoms with E-state index in [4.69, 9.17) is 17.3 Å². The summed E-state index contributed by atoms with van der Waals surface area (Å²) in [6, 6.07) is 0. The minimum Gasteiger partial charge on any atom is -0.463 e. The van der Waals surface area contributed by atoms with Crippen LogP contribution in [0.5, 0.6) is 0 Å². The average molecular weight is 326 g/mol. The van der Waals surface area contributed by atoms with Gasteiger partial charge >= 0.3 is 17.3 Å². The fourth-order valence-electron chi connectivity index (χ4n) is 2.00. The molecule has 4 atom stereocenters. The van der Waals surface area contributed by atoms with E-state index in [2.05, 4.69) is 0 Å². The van der Waals surface area contributed by atoms with Gasteiger partial charge in [-0.05, 0) is 13.0 Å². The van der Waals surface area contributed by atoms with E-state index in [1.807, 2.05) is 0 Å². The van der Waals surface area contributed by atoms with Gasteiger partial charge in [0.25, 0.3) is 10.1 Å². The van der Waals surface area contributed by atoms with Gasteiger partial charge in [0.1, 0.15) is 18.3 Å². The number of rotatable bonds is 4. The van der Waals surface area contributed by atoms with Crippen LogP contribution in [0.4, 0.5) is 0 Å². The molecule has 0 aromatic heterocycles. The highest BCUT2D eigenvalue weighted by molar-refractivity contribution is 7.86. The Morgan fingerprint density at radius 1 is 1.50 bits per heavy atom. The summed E-state index contributed by atoms with van der Waals surface area (Å²) in [7, 11) is -3.76. The second-order valence-corrected chi connectivity index (χ2v) is 6.67. The average Bonchev–Trinajstić information content (AvgIpc) is 2.68. The van der Waals surface area contributed by atoms with Gasteiger partial charge in [-0.2, -0.15) is 12.6 Å². The van der Waals surface area contributed by atoms with E-state index < -0.39 is 45.8 Å². The monoisotopic (exact) mass is 326 g/mol. The van der Waals surface area contributed by atoms with Crippen molar-refractivity contribution in [1.82, 2.24) is 0 Å². The van der Waals surface area contributed by atoms with Gasteiger partial charge in [-0.1, -0.05) is 0 Å². The molecular weight excluding hydrogens is 312 g/mol. The molecule has 0 radical (unpaired) electrons. The first kappa shape index (κ1) is 15.6. The molecule has 0 saturated carbocycles. The number of ether oxygens (including phenoxy) is 1. The summed E-state index contributed by atoms with van der Waals surface area (Å²) in [6.45, 7) is 1.84. The zero-order chi connectivity index (χ0) is 14.9. The van der Waals surface area contributed by atoms with Crippen molar-refractivity contribution < 1.29 is 34.7 Å². The Bertz CT molecular complexity index is 552. The van der Waals surface area contributed by atoms with Crippen LogP contribution in [0.3, 0.4) is 0 Å².